The SMILES string of the molecule is COCc1cc(-c2c(F)c(F)c(-c3nn[nH]n3)c(F)c2F)c(COC)cc1-c1c(F)c(F)c(-c2nn[nH]n2)c(F)c1F.Cc1cc(-c2cc(-c3ccc(-c4nn[nH]n4)cc3)c(-c3cc(C)nc(C)c3)cc2-c2ccc(-c3nn[nH]n3)cc2)cc(C)n1.Cc1nc(-c2ccc(-c3nn[nH]n3)cc2)c(C)nc1-c1ccc(-c2nn[nH]n2)cc1. The van der Waals surface area contributed by atoms with Crippen molar-refractivity contribution in [2.45, 2.75) is 54.8 Å². The lowest BCUT2D eigenvalue weighted by Crippen LogP contribution is -2.09. The van der Waals surface area contributed by atoms with Gasteiger partial charge in [-0.25, -0.2) is 45.1 Å². The third-order valence-electron chi connectivity index (χ3n) is 18.4. The molecule has 0 saturated heterocycles. The van der Waals surface area contributed by atoms with E-state index in [4.69, 9.17) is 19.4 Å². The number of nitrogens with one attached hydrogen (secondary N) is 6. The quantitative estimate of drug-likeness (QED) is 0.0343. The molecule has 38 heteroatoms. The molecule has 0 bridgehead atoms. The number of hydrogen-bond donors (Lipinski definition) is 6. The fourth-order valence-corrected chi connectivity index (χ4v) is 13.3. The van der Waals surface area contributed by atoms with Crippen LogP contribution in [0.15, 0.2) is 146 Å². The molecule has 0 aliphatic heterocycles. The summed E-state index contributed by atoms with van der Waals surface area (Å²) in [5.41, 5.74) is 15.0. The molecule has 9 heterocycles. The first-order chi connectivity index (χ1) is 56.2. The van der Waals surface area contributed by atoms with E-state index in [0.29, 0.717) is 23.3 Å². The van der Waals surface area contributed by atoms with Crippen LogP contribution in [0.2, 0.25) is 0 Å². The van der Waals surface area contributed by atoms with E-state index in [0.717, 1.165) is 150 Å². The summed E-state index contributed by atoms with van der Waals surface area (Å²) < 4.78 is 132. The summed E-state index contributed by atoms with van der Waals surface area (Å²) in [7, 11) is 2.28. The zero-order valence-electron chi connectivity index (χ0n) is 61.9. The van der Waals surface area contributed by atoms with Gasteiger partial charge in [0.25, 0.3) is 0 Å². The highest BCUT2D eigenvalue weighted by atomic mass is 19.2. The molecule has 578 valence electrons. The van der Waals surface area contributed by atoms with Crippen molar-refractivity contribution in [3.05, 3.63) is 237 Å². The van der Waals surface area contributed by atoms with E-state index < -0.39 is 105 Å². The predicted octanol–water partition coefficient (Wildman–Crippen LogP) is 14.3. The van der Waals surface area contributed by atoms with Crippen molar-refractivity contribution >= 4 is 0 Å². The van der Waals surface area contributed by atoms with Gasteiger partial charge in [0.2, 0.25) is 34.9 Å². The number of benzene rings is 8. The summed E-state index contributed by atoms with van der Waals surface area (Å²) in [6.07, 6.45) is 0. The van der Waals surface area contributed by atoms with Crippen LogP contribution < -0.4 is 0 Å². The minimum Gasteiger partial charge on any atom is -0.380 e. The first-order valence-corrected chi connectivity index (χ1v) is 34.9. The average Bonchev–Trinajstić information content (AvgIpc) is 0.890. The standard InChI is InChI=1S/C34H28N10.C24H14F8N8O2.C20H16N10/c1-19-13-27(14-20(2)35-19)31-17-30(24-7-11-26(12-8-24)34-39-43-44-40-34)32(28-15-21(3)36-22(4)16-28)18-29(31)23-5-9-25(10-6-23)33-37-41-42-38-33;1-41-5-7-3-10(12-17(27)21(31)14(22(32)18(12)28)24-35-39-40-36-24)8(6-42-2)4-9(7)11-15(25)19(29)13(20(30)16(11)26)23-33-37-38-34-23;1-11-17(13-3-7-15(8-4-13)19-23-27-28-24-19)22-12(2)18(21-11)14-5-9-16(10-6-14)20-25-29-30-26-20/h5-18H,1-4H3,(H,37,38,41,42)(H,39,40,43,44);3-4H,5-6H2,1-2H3,(H,33,34,37,38)(H,35,36,39,40);3-10H,1-2H3,(H,23,24,27,28)(H,25,26,29,30). The molecule has 0 unspecified atom stereocenters. The van der Waals surface area contributed by atoms with E-state index in [1.54, 1.807) is 0 Å². The molecule has 0 aliphatic rings. The van der Waals surface area contributed by atoms with Crippen LogP contribution in [0.3, 0.4) is 0 Å². The fourth-order valence-electron chi connectivity index (χ4n) is 13.3. The van der Waals surface area contributed by atoms with Crippen molar-refractivity contribution in [3.63, 3.8) is 0 Å². The van der Waals surface area contributed by atoms with Crippen LogP contribution in [0.1, 0.15) is 45.3 Å². The van der Waals surface area contributed by atoms with Gasteiger partial charge < -0.3 is 9.47 Å². The Morgan fingerprint density at radius 1 is 0.250 bits per heavy atom. The van der Waals surface area contributed by atoms with Gasteiger partial charge in [-0.1, -0.05) is 97.1 Å². The van der Waals surface area contributed by atoms with Crippen molar-refractivity contribution in [2.24, 2.45) is 0 Å². The van der Waals surface area contributed by atoms with Crippen LogP contribution in [-0.2, 0) is 22.7 Å². The number of hydrogen-bond acceptors (Lipinski definition) is 24. The van der Waals surface area contributed by atoms with Crippen LogP contribution in [-0.4, -0.2) is 158 Å². The van der Waals surface area contributed by atoms with Crippen LogP contribution in [0.4, 0.5) is 35.1 Å². The van der Waals surface area contributed by atoms with Gasteiger partial charge in [0.1, 0.15) is 11.1 Å². The topological polar surface area (TPSA) is 397 Å². The van der Waals surface area contributed by atoms with Crippen molar-refractivity contribution in [3.8, 4) is 158 Å². The van der Waals surface area contributed by atoms with Crippen LogP contribution >= 0.6 is 0 Å². The number of halogens is 8. The molecule has 17 rings (SSSR count). The number of pyridine rings is 2. The van der Waals surface area contributed by atoms with E-state index in [-0.39, 0.29) is 11.1 Å². The number of aromatic nitrogens is 28. The maximum absolute atomic E-state index is 15.4. The van der Waals surface area contributed by atoms with Gasteiger partial charge in [-0.15, -0.1) is 61.2 Å². The molecule has 0 fully saturated rings. The molecule has 116 heavy (non-hydrogen) atoms. The minimum absolute atomic E-state index is 0.280. The highest BCUT2D eigenvalue weighted by Gasteiger charge is 2.34. The summed E-state index contributed by atoms with van der Waals surface area (Å²) in [4.78, 5) is 19.0. The first-order valence-electron chi connectivity index (χ1n) is 34.9. The molecule has 8 aromatic carbocycles. The molecule has 0 atom stereocenters. The van der Waals surface area contributed by atoms with Crippen molar-refractivity contribution < 1.29 is 44.6 Å². The Hall–Kier alpha value is -15.1. The number of methoxy groups -OCH3 is 2. The monoisotopic (exact) mass is 1570 g/mol. The first kappa shape index (κ1) is 76.3. The summed E-state index contributed by atoms with van der Waals surface area (Å²) in [6, 6.07) is 47.2. The molecule has 0 spiro atoms. The Morgan fingerprint density at radius 3 is 0.733 bits per heavy atom. The number of H-pyrrole nitrogens is 6. The van der Waals surface area contributed by atoms with Crippen LogP contribution in [0, 0.1) is 88.1 Å². The molecular weight excluding hydrogens is 1510 g/mol. The second kappa shape index (κ2) is 32.7. The maximum Gasteiger partial charge on any atom is 0.210 e. The van der Waals surface area contributed by atoms with Crippen molar-refractivity contribution in [2.75, 3.05) is 14.2 Å². The second-order valence-corrected chi connectivity index (χ2v) is 26.1. The van der Waals surface area contributed by atoms with Gasteiger partial charge >= 0.3 is 0 Å². The van der Waals surface area contributed by atoms with Crippen molar-refractivity contribution in [1.29, 1.82) is 0 Å². The predicted molar refractivity (Wildman–Crippen MR) is 403 cm³/mol. The highest BCUT2D eigenvalue weighted by Crippen LogP contribution is 2.46. The zero-order valence-corrected chi connectivity index (χ0v) is 61.9. The van der Waals surface area contributed by atoms with Crippen LogP contribution in [0.25, 0.3) is 158 Å². The van der Waals surface area contributed by atoms with Crippen LogP contribution in [0.5, 0.6) is 0 Å². The second-order valence-electron chi connectivity index (χ2n) is 26.1. The zero-order chi connectivity index (χ0) is 81.0. The summed E-state index contributed by atoms with van der Waals surface area (Å²) in [5, 5.41) is 80.5. The van der Waals surface area contributed by atoms with Gasteiger partial charge in [-0.3, -0.25) is 9.97 Å². The van der Waals surface area contributed by atoms with Gasteiger partial charge in [-0.05, 0) is 188 Å². The molecule has 0 aliphatic carbocycles. The number of tetrazole rings is 6. The largest absolute Gasteiger partial charge is 0.380 e. The van der Waals surface area contributed by atoms with E-state index >= 15 is 35.1 Å². The molecule has 0 saturated carbocycles. The average molecular weight is 1570 g/mol. The lowest BCUT2D eigenvalue weighted by atomic mass is 9.85. The Morgan fingerprint density at radius 2 is 0.483 bits per heavy atom. The fraction of sp³-hybridized carbons (Fsp3) is 0.128. The van der Waals surface area contributed by atoms with Gasteiger partial charge in [-0.2, -0.15) is 31.3 Å². The van der Waals surface area contributed by atoms with Gasteiger partial charge in [0.05, 0.1) is 47.1 Å². The van der Waals surface area contributed by atoms with E-state index in [1.807, 2.05) is 125 Å². The van der Waals surface area contributed by atoms with Gasteiger partial charge in [0.15, 0.2) is 46.5 Å². The third-order valence-corrected chi connectivity index (χ3v) is 18.4. The Labute approximate surface area is 649 Å². The molecule has 6 N–H and O–H groups in total. The molecule has 30 nitrogen and oxygen atoms in total. The number of nitrogens with zero attached hydrogens (tertiary/aromatic N) is 22. The Balaban J connectivity index is 0.000000139. The lowest BCUT2D eigenvalue weighted by molar-refractivity contribution is 0.183. The molecule has 17 aromatic rings. The molecule has 9 aromatic heterocycles. The molecule has 0 amide bonds. The Kier molecular flexibility index (Phi) is 21.5. The summed E-state index contributed by atoms with van der Waals surface area (Å²) in [5.74, 6) is -14.3. The Bertz CT molecular complexity index is 5900. The highest BCUT2D eigenvalue weighted by molar-refractivity contribution is 5.96. The van der Waals surface area contributed by atoms with Gasteiger partial charge in [0, 0.05) is 70.4 Å². The summed E-state index contributed by atoms with van der Waals surface area (Å²) in [6.45, 7) is 11.0. The van der Waals surface area contributed by atoms with E-state index in [1.165, 1.54) is 0 Å². The minimum atomic E-state index is -1.87. The van der Waals surface area contributed by atoms with E-state index in [9.17, 15) is 0 Å². The molecular formula is C78H58F8N28O2. The number of aryl methyl sites for hydroxylation is 6. The maximum atomic E-state index is 15.4. The third kappa shape index (κ3) is 15.3. The van der Waals surface area contributed by atoms with Crippen molar-refractivity contribution in [1.82, 2.24) is 144 Å². The summed E-state index contributed by atoms with van der Waals surface area (Å²) >= 11 is 0. The molecule has 0 radical (unpaired) electrons. The normalized spacial score (nSPS) is 11.2. The number of rotatable bonds is 18. The smallest absolute Gasteiger partial charge is 0.210 e. The number of ether oxygens (including phenoxy) is 2. The van der Waals surface area contributed by atoms with E-state index in [2.05, 4.69) is 184 Å². The lowest BCUT2D eigenvalue weighted by Gasteiger charge is -2.19. The number of aromatic amines is 6.